The number of imide groups is 1. The normalized spacial score (nSPS) is 24.8. The van der Waals surface area contributed by atoms with E-state index in [0.29, 0.717) is 16.6 Å². The van der Waals surface area contributed by atoms with Gasteiger partial charge in [-0.1, -0.05) is 43.6 Å². The van der Waals surface area contributed by atoms with Crippen LogP contribution in [0.1, 0.15) is 20.3 Å². The van der Waals surface area contributed by atoms with E-state index < -0.39 is 12.0 Å². The first-order valence-electron chi connectivity index (χ1n) is 9.12. The maximum Gasteiger partial charge on any atom is 0.266 e. The summed E-state index contributed by atoms with van der Waals surface area (Å²) in [5.74, 6) is -0.692. The number of nitrogens with zero attached hydrogens (tertiary/aromatic N) is 2. The van der Waals surface area contributed by atoms with E-state index in [1.54, 1.807) is 29.3 Å². The molecular weight excluding hydrogens is 364 g/mol. The molecule has 3 atom stereocenters. The summed E-state index contributed by atoms with van der Waals surface area (Å²) in [5.41, 5.74) is 1.39. The number of anilines is 2. The Morgan fingerprint density at radius 2 is 1.63 bits per heavy atom. The predicted molar refractivity (Wildman–Crippen MR) is 104 cm³/mol. The molecule has 2 heterocycles. The zero-order valence-corrected chi connectivity index (χ0v) is 16.0. The van der Waals surface area contributed by atoms with Gasteiger partial charge in [0.25, 0.3) is 5.91 Å². The molecule has 2 saturated heterocycles. The monoisotopic (exact) mass is 384 g/mol. The van der Waals surface area contributed by atoms with Crippen LogP contribution < -0.4 is 9.96 Å². The summed E-state index contributed by atoms with van der Waals surface area (Å²) in [6.07, 6.45) is -0.0408. The van der Waals surface area contributed by atoms with Crippen LogP contribution in [0.4, 0.5) is 11.4 Å². The van der Waals surface area contributed by atoms with Crippen molar-refractivity contribution in [3.05, 3.63) is 59.6 Å². The Morgan fingerprint density at radius 1 is 0.963 bits per heavy atom. The summed E-state index contributed by atoms with van der Waals surface area (Å²) < 4.78 is 0. The summed E-state index contributed by atoms with van der Waals surface area (Å²) >= 11 is 5.93. The van der Waals surface area contributed by atoms with Gasteiger partial charge in [0.15, 0.2) is 6.10 Å². The molecule has 0 bridgehead atoms. The average Bonchev–Trinajstić information content (AvgIpc) is 3.13. The van der Waals surface area contributed by atoms with Crippen molar-refractivity contribution in [3.63, 3.8) is 0 Å². The number of carbonyl (C=O) groups is 2. The molecule has 5 nitrogen and oxygen atoms in total. The van der Waals surface area contributed by atoms with Crippen LogP contribution in [-0.4, -0.2) is 24.0 Å². The quantitative estimate of drug-likeness (QED) is 0.746. The summed E-state index contributed by atoms with van der Waals surface area (Å²) in [4.78, 5) is 33.5. The van der Waals surface area contributed by atoms with Gasteiger partial charge in [0.05, 0.1) is 23.3 Å². The van der Waals surface area contributed by atoms with Gasteiger partial charge in [0.1, 0.15) is 0 Å². The highest BCUT2D eigenvalue weighted by atomic mass is 35.5. The van der Waals surface area contributed by atoms with Crippen molar-refractivity contribution in [2.24, 2.45) is 11.8 Å². The number of amides is 2. The molecule has 2 aliphatic rings. The van der Waals surface area contributed by atoms with Crippen LogP contribution in [0, 0.1) is 11.8 Å². The fraction of sp³-hybridized carbons (Fsp3) is 0.333. The standard InChI is InChI=1S/C21H21ClN2O3/c1-13(2)12-17-18-19(27-24(17)16-6-4-3-5-7-16)21(26)23(20(18)25)15-10-8-14(22)9-11-15/h3-11,13,17-19H,12H2,1-2H3. The van der Waals surface area contributed by atoms with Gasteiger partial charge >= 0.3 is 0 Å². The van der Waals surface area contributed by atoms with E-state index in [-0.39, 0.29) is 17.9 Å². The molecule has 6 heteroatoms. The summed E-state index contributed by atoms with van der Waals surface area (Å²) in [7, 11) is 0. The topological polar surface area (TPSA) is 49.9 Å². The molecule has 2 amide bonds. The Bertz CT molecular complexity index is 853. The van der Waals surface area contributed by atoms with Crippen LogP contribution in [-0.2, 0) is 14.4 Å². The third-order valence-electron chi connectivity index (χ3n) is 5.05. The van der Waals surface area contributed by atoms with Crippen molar-refractivity contribution in [3.8, 4) is 0 Å². The highest BCUT2D eigenvalue weighted by Crippen LogP contribution is 2.42. The van der Waals surface area contributed by atoms with E-state index in [1.807, 2.05) is 30.3 Å². The fourth-order valence-corrected chi connectivity index (χ4v) is 4.01. The molecule has 2 aromatic carbocycles. The number of hydroxylamine groups is 1. The minimum atomic E-state index is -0.794. The average molecular weight is 385 g/mol. The van der Waals surface area contributed by atoms with Crippen molar-refractivity contribution >= 4 is 34.8 Å². The molecule has 2 fully saturated rings. The van der Waals surface area contributed by atoms with E-state index >= 15 is 0 Å². The Hall–Kier alpha value is -2.37. The summed E-state index contributed by atoms with van der Waals surface area (Å²) in [6.45, 7) is 4.21. The number of para-hydroxylation sites is 1. The van der Waals surface area contributed by atoms with E-state index in [9.17, 15) is 9.59 Å². The molecular formula is C21H21ClN2O3. The van der Waals surface area contributed by atoms with Gasteiger partial charge in [-0.05, 0) is 48.7 Å². The predicted octanol–water partition coefficient (Wildman–Crippen LogP) is 4.06. The van der Waals surface area contributed by atoms with Crippen LogP contribution in [0.25, 0.3) is 0 Å². The van der Waals surface area contributed by atoms with Crippen LogP contribution in [0.15, 0.2) is 54.6 Å². The smallest absolute Gasteiger partial charge is 0.266 e. The van der Waals surface area contributed by atoms with Crippen LogP contribution in [0.3, 0.4) is 0 Å². The van der Waals surface area contributed by atoms with Crippen molar-refractivity contribution in [2.45, 2.75) is 32.4 Å². The Morgan fingerprint density at radius 3 is 2.26 bits per heavy atom. The fourth-order valence-electron chi connectivity index (χ4n) is 3.89. The first-order valence-corrected chi connectivity index (χ1v) is 9.49. The Labute approximate surface area is 163 Å². The summed E-state index contributed by atoms with van der Waals surface area (Å²) in [6, 6.07) is 16.2. The zero-order chi connectivity index (χ0) is 19.1. The lowest BCUT2D eigenvalue weighted by atomic mass is 9.90. The minimum Gasteiger partial charge on any atom is -0.273 e. The SMILES string of the molecule is CC(C)CC1C2C(=O)N(c3ccc(Cl)cc3)C(=O)C2ON1c1ccccc1. The number of hydrogen-bond acceptors (Lipinski definition) is 4. The number of fused-ring (bicyclic) bond motifs is 1. The van der Waals surface area contributed by atoms with Crippen molar-refractivity contribution in [1.82, 2.24) is 0 Å². The molecule has 0 spiro atoms. The molecule has 0 saturated carbocycles. The second kappa shape index (κ2) is 6.98. The molecule has 140 valence electrons. The highest BCUT2D eigenvalue weighted by molar-refractivity contribution is 6.31. The Kier molecular flexibility index (Phi) is 4.66. The van der Waals surface area contributed by atoms with E-state index in [0.717, 1.165) is 12.1 Å². The van der Waals surface area contributed by atoms with E-state index in [2.05, 4.69) is 13.8 Å². The number of rotatable bonds is 4. The molecule has 27 heavy (non-hydrogen) atoms. The van der Waals surface area contributed by atoms with Crippen LogP contribution in [0.2, 0.25) is 5.02 Å². The van der Waals surface area contributed by atoms with Gasteiger partial charge < -0.3 is 0 Å². The molecule has 3 unspecified atom stereocenters. The van der Waals surface area contributed by atoms with Gasteiger partial charge in [0.2, 0.25) is 5.91 Å². The molecule has 0 N–H and O–H groups in total. The first-order chi connectivity index (χ1) is 13.0. The van der Waals surface area contributed by atoms with Crippen molar-refractivity contribution in [2.75, 3.05) is 9.96 Å². The van der Waals surface area contributed by atoms with Crippen molar-refractivity contribution in [1.29, 1.82) is 0 Å². The molecule has 0 radical (unpaired) electrons. The highest BCUT2D eigenvalue weighted by Gasteiger charge is 2.59. The number of halogens is 1. The molecule has 0 aliphatic carbocycles. The number of carbonyl (C=O) groups excluding carboxylic acids is 2. The van der Waals surface area contributed by atoms with Crippen molar-refractivity contribution < 1.29 is 14.4 Å². The van der Waals surface area contributed by atoms with Crippen LogP contribution in [0.5, 0.6) is 0 Å². The molecule has 4 rings (SSSR count). The minimum absolute atomic E-state index is 0.189. The second-order valence-electron chi connectivity index (χ2n) is 7.40. The van der Waals surface area contributed by atoms with Gasteiger partial charge in [-0.15, -0.1) is 0 Å². The molecule has 2 aromatic rings. The van der Waals surface area contributed by atoms with Gasteiger partial charge in [-0.25, -0.2) is 9.96 Å². The second-order valence-corrected chi connectivity index (χ2v) is 7.83. The van der Waals surface area contributed by atoms with E-state index in [1.165, 1.54) is 4.90 Å². The van der Waals surface area contributed by atoms with Gasteiger partial charge in [-0.2, -0.15) is 0 Å². The zero-order valence-electron chi connectivity index (χ0n) is 15.2. The molecule has 0 aromatic heterocycles. The third kappa shape index (κ3) is 3.11. The summed E-state index contributed by atoms with van der Waals surface area (Å²) in [5, 5.41) is 2.31. The largest absolute Gasteiger partial charge is 0.273 e. The maximum absolute atomic E-state index is 13.2. The lowest BCUT2D eigenvalue weighted by Crippen LogP contribution is -2.41. The first kappa shape index (κ1) is 18.0. The van der Waals surface area contributed by atoms with E-state index in [4.69, 9.17) is 16.4 Å². The van der Waals surface area contributed by atoms with Gasteiger partial charge in [0, 0.05) is 5.02 Å². The third-order valence-corrected chi connectivity index (χ3v) is 5.30. The lowest BCUT2D eigenvalue weighted by molar-refractivity contribution is -0.126. The van der Waals surface area contributed by atoms with Gasteiger partial charge in [-0.3, -0.25) is 14.4 Å². The Balaban J connectivity index is 1.69. The lowest BCUT2D eigenvalue weighted by Gasteiger charge is -2.29. The number of hydrogen-bond donors (Lipinski definition) is 0. The molecule has 2 aliphatic heterocycles. The van der Waals surface area contributed by atoms with Crippen LogP contribution >= 0.6 is 11.6 Å². The number of benzene rings is 2. The maximum atomic E-state index is 13.2.